The molecule has 0 fully saturated rings. The first kappa shape index (κ1) is 14.8. The van der Waals surface area contributed by atoms with Crippen LogP contribution in [-0.2, 0) is 6.42 Å². The summed E-state index contributed by atoms with van der Waals surface area (Å²) in [4.78, 5) is 24.0. The van der Waals surface area contributed by atoms with Gasteiger partial charge in [-0.2, -0.15) is 0 Å². The summed E-state index contributed by atoms with van der Waals surface area (Å²) in [5.74, 6) is -0.732. The first-order valence-electron chi connectivity index (χ1n) is 7.35. The molecule has 116 valence electrons. The van der Waals surface area contributed by atoms with Crippen LogP contribution in [0.4, 0.5) is 0 Å². The van der Waals surface area contributed by atoms with Crippen LogP contribution in [0.5, 0.6) is 0 Å². The third kappa shape index (κ3) is 3.23. The van der Waals surface area contributed by atoms with Crippen molar-refractivity contribution < 1.29 is 14.0 Å². The molecule has 23 heavy (non-hydrogen) atoms. The largest absolute Gasteiger partial charge is 0.451 e. The van der Waals surface area contributed by atoms with E-state index in [9.17, 15) is 9.59 Å². The highest BCUT2D eigenvalue weighted by Gasteiger charge is 2.13. The lowest BCUT2D eigenvalue weighted by Crippen LogP contribution is -2.41. The molecule has 3 rings (SSSR count). The smallest absolute Gasteiger partial charge is 0.305 e. The summed E-state index contributed by atoms with van der Waals surface area (Å²) in [5, 5.41) is 0.833. The van der Waals surface area contributed by atoms with Gasteiger partial charge in [0.15, 0.2) is 5.76 Å². The van der Waals surface area contributed by atoms with Crippen LogP contribution >= 0.6 is 0 Å². The second kappa shape index (κ2) is 6.36. The van der Waals surface area contributed by atoms with Crippen molar-refractivity contribution in [3.63, 3.8) is 0 Å². The predicted molar refractivity (Wildman–Crippen MR) is 87.0 cm³/mol. The number of hydrogen-bond acceptors (Lipinski definition) is 3. The molecule has 0 aliphatic rings. The summed E-state index contributed by atoms with van der Waals surface area (Å²) in [6.07, 6.45) is 0.907. The molecular formula is C18H16N2O3. The zero-order valence-electron chi connectivity index (χ0n) is 12.6. The molecule has 0 atom stereocenters. The maximum atomic E-state index is 12.0. The van der Waals surface area contributed by atoms with E-state index in [0.717, 1.165) is 17.4 Å². The van der Waals surface area contributed by atoms with Gasteiger partial charge in [-0.3, -0.25) is 20.4 Å². The standard InChI is InChI=1S/C18H16N2O3/c1-2-12-7-9-13(10-8-12)17(21)19-20-18(22)16-11-14-5-3-4-6-15(14)23-16/h3-11H,2H2,1H3,(H,19,21)(H,20,22). The van der Waals surface area contributed by atoms with Crippen LogP contribution in [0.15, 0.2) is 59.0 Å². The van der Waals surface area contributed by atoms with Crippen molar-refractivity contribution in [1.29, 1.82) is 0 Å². The monoisotopic (exact) mass is 308 g/mol. The fraction of sp³-hybridized carbons (Fsp3) is 0.111. The molecular weight excluding hydrogens is 292 g/mol. The quantitative estimate of drug-likeness (QED) is 0.730. The van der Waals surface area contributed by atoms with Crippen molar-refractivity contribution in [2.24, 2.45) is 0 Å². The minimum atomic E-state index is -0.500. The molecule has 0 aliphatic carbocycles. The van der Waals surface area contributed by atoms with E-state index in [4.69, 9.17) is 4.42 Å². The van der Waals surface area contributed by atoms with Crippen LogP contribution in [0.3, 0.4) is 0 Å². The Morgan fingerprint density at radius 2 is 1.65 bits per heavy atom. The van der Waals surface area contributed by atoms with Crippen LogP contribution in [0, 0.1) is 0 Å². The number of hydrogen-bond donors (Lipinski definition) is 2. The van der Waals surface area contributed by atoms with Crippen LogP contribution in [-0.4, -0.2) is 11.8 Å². The number of furan rings is 1. The number of rotatable bonds is 3. The third-order valence-corrected chi connectivity index (χ3v) is 3.56. The fourth-order valence-corrected chi connectivity index (χ4v) is 2.23. The topological polar surface area (TPSA) is 71.3 Å². The Kier molecular flexibility index (Phi) is 4.10. The minimum Gasteiger partial charge on any atom is -0.451 e. The second-order valence-electron chi connectivity index (χ2n) is 5.11. The molecule has 0 radical (unpaired) electrons. The maximum absolute atomic E-state index is 12.0. The van der Waals surface area contributed by atoms with Gasteiger partial charge in [-0.15, -0.1) is 0 Å². The molecule has 5 heteroatoms. The van der Waals surface area contributed by atoms with Gasteiger partial charge in [0.2, 0.25) is 0 Å². The molecule has 0 bridgehead atoms. The van der Waals surface area contributed by atoms with Crippen molar-refractivity contribution in [3.05, 3.63) is 71.5 Å². The average molecular weight is 308 g/mol. The Morgan fingerprint density at radius 1 is 0.957 bits per heavy atom. The average Bonchev–Trinajstić information content (AvgIpc) is 3.03. The Hall–Kier alpha value is -3.08. The third-order valence-electron chi connectivity index (χ3n) is 3.56. The van der Waals surface area contributed by atoms with E-state index in [-0.39, 0.29) is 11.7 Å². The number of carbonyl (C=O) groups is 2. The van der Waals surface area contributed by atoms with Gasteiger partial charge in [0, 0.05) is 10.9 Å². The van der Waals surface area contributed by atoms with E-state index in [1.807, 2.05) is 37.3 Å². The van der Waals surface area contributed by atoms with Crippen molar-refractivity contribution in [2.45, 2.75) is 13.3 Å². The van der Waals surface area contributed by atoms with Crippen LogP contribution < -0.4 is 10.9 Å². The lowest BCUT2D eigenvalue weighted by atomic mass is 10.1. The van der Waals surface area contributed by atoms with Gasteiger partial charge in [-0.1, -0.05) is 37.3 Å². The number of benzene rings is 2. The Morgan fingerprint density at radius 3 is 2.35 bits per heavy atom. The van der Waals surface area contributed by atoms with Gasteiger partial charge in [0.05, 0.1) is 0 Å². The van der Waals surface area contributed by atoms with Crippen molar-refractivity contribution in [2.75, 3.05) is 0 Å². The van der Waals surface area contributed by atoms with E-state index in [2.05, 4.69) is 10.9 Å². The highest BCUT2D eigenvalue weighted by molar-refractivity contribution is 5.99. The lowest BCUT2D eigenvalue weighted by molar-refractivity contribution is 0.0832. The van der Waals surface area contributed by atoms with Crippen molar-refractivity contribution in [3.8, 4) is 0 Å². The van der Waals surface area contributed by atoms with Crippen molar-refractivity contribution >= 4 is 22.8 Å². The molecule has 0 aliphatic heterocycles. The summed E-state index contributed by atoms with van der Waals surface area (Å²) >= 11 is 0. The Labute approximate surface area is 133 Å². The van der Waals surface area contributed by atoms with Crippen LogP contribution in [0.2, 0.25) is 0 Å². The first-order valence-corrected chi connectivity index (χ1v) is 7.35. The summed E-state index contributed by atoms with van der Waals surface area (Å²) < 4.78 is 5.43. The normalized spacial score (nSPS) is 10.5. The van der Waals surface area contributed by atoms with Crippen LogP contribution in [0.25, 0.3) is 11.0 Å². The molecule has 1 aromatic heterocycles. The van der Waals surface area contributed by atoms with Gasteiger partial charge in [0.1, 0.15) is 5.58 Å². The molecule has 0 saturated carbocycles. The lowest BCUT2D eigenvalue weighted by Gasteiger charge is -2.06. The molecule has 3 aromatic rings. The van der Waals surface area contributed by atoms with E-state index >= 15 is 0 Å². The fourth-order valence-electron chi connectivity index (χ4n) is 2.23. The van der Waals surface area contributed by atoms with Gasteiger partial charge in [-0.25, -0.2) is 0 Å². The Balaban J connectivity index is 1.64. The molecule has 2 aromatic carbocycles. The summed E-state index contributed by atoms with van der Waals surface area (Å²) in [6.45, 7) is 2.04. The minimum absolute atomic E-state index is 0.146. The van der Waals surface area contributed by atoms with Gasteiger partial charge >= 0.3 is 5.91 Å². The number of amides is 2. The molecule has 2 amide bonds. The number of para-hydroxylation sites is 1. The van der Waals surface area contributed by atoms with Gasteiger partial charge < -0.3 is 4.42 Å². The zero-order chi connectivity index (χ0) is 16.2. The predicted octanol–water partition coefficient (Wildman–Crippen LogP) is 3.07. The molecule has 0 saturated heterocycles. The number of fused-ring (bicyclic) bond motifs is 1. The SMILES string of the molecule is CCc1ccc(C(=O)NNC(=O)c2cc3ccccc3o2)cc1. The second-order valence-corrected chi connectivity index (χ2v) is 5.11. The number of hydrazine groups is 1. The summed E-state index contributed by atoms with van der Waals surface area (Å²) in [6, 6.07) is 16.2. The number of nitrogens with one attached hydrogen (secondary N) is 2. The summed E-state index contributed by atoms with van der Waals surface area (Å²) in [7, 11) is 0. The van der Waals surface area contributed by atoms with E-state index in [0.29, 0.717) is 11.1 Å². The Bertz CT molecular complexity index is 817. The molecule has 0 unspecified atom stereocenters. The molecule has 5 nitrogen and oxygen atoms in total. The molecule has 2 N–H and O–H groups in total. The van der Waals surface area contributed by atoms with Gasteiger partial charge in [0.25, 0.3) is 5.91 Å². The number of carbonyl (C=O) groups excluding carboxylic acids is 2. The number of aryl methyl sites for hydroxylation is 1. The molecule has 1 heterocycles. The zero-order valence-corrected chi connectivity index (χ0v) is 12.6. The highest BCUT2D eigenvalue weighted by atomic mass is 16.3. The van der Waals surface area contributed by atoms with E-state index < -0.39 is 5.91 Å². The maximum Gasteiger partial charge on any atom is 0.305 e. The molecule has 0 spiro atoms. The first-order chi connectivity index (χ1) is 11.2. The van der Waals surface area contributed by atoms with Gasteiger partial charge in [-0.05, 0) is 36.2 Å². The van der Waals surface area contributed by atoms with E-state index in [1.54, 1.807) is 24.3 Å². The summed E-state index contributed by atoms with van der Waals surface area (Å²) in [5.41, 5.74) is 6.98. The highest BCUT2D eigenvalue weighted by Crippen LogP contribution is 2.18. The van der Waals surface area contributed by atoms with Crippen molar-refractivity contribution in [1.82, 2.24) is 10.9 Å². The van der Waals surface area contributed by atoms with Crippen LogP contribution in [0.1, 0.15) is 33.4 Å². The van der Waals surface area contributed by atoms with E-state index in [1.165, 1.54) is 0 Å².